The molecule has 0 amide bonds. The molecule has 20 aromatic rings. The summed E-state index contributed by atoms with van der Waals surface area (Å²) in [6.45, 7) is 9.46. The fourth-order valence-electron chi connectivity index (χ4n) is 18.6. The lowest BCUT2D eigenvalue weighted by molar-refractivity contribution is 0.426. The summed E-state index contributed by atoms with van der Waals surface area (Å²) in [5.41, 5.74) is 19.1. The largest absolute Gasteiger partial charge is 0.489 e. The summed E-state index contributed by atoms with van der Waals surface area (Å²) < 4.78 is 1.12. The number of halogens is 1. The number of hydrogen-bond acceptors (Lipinski definition) is 2. The third kappa shape index (κ3) is 9.85. The molecule has 0 saturated carbocycles. The summed E-state index contributed by atoms with van der Waals surface area (Å²) >= 11 is 3.67. The van der Waals surface area contributed by atoms with Gasteiger partial charge in [0.15, 0.2) is 0 Å². The molecule has 2 N–H and O–H groups in total. The third-order valence-electron chi connectivity index (χ3n) is 23.6. The Morgan fingerprint density at radius 3 is 0.906 bits per heavy atom. The molecule has 0 radical (unpaired) electrons. The molecule has 0 aromatic heterocycles. The highest BCUT2D eigenvalue weighted by atomic mass is 79.9. The first-order valence-corrected chi connectivity index (χ1v) is 37.6. The molecule has 0 heterocycles. The molecule has 106 heavy (non-hydrogen) atoms. The molecule has 2 nitrogen and oxygen atoms in total. The summed E-state index contributed by atoms with van der Waals surface area (Å²) in [4.78, 5) is 0. The van der Waals surface area contributed by atoms with E-state index >= 15 is 0 Å². The first kappa shape index (κ1) is 63.7. The Morgan fingerprint density at radius 2 is 0.500 bits per heavy atom. The summed E-state index contributed by atoms with van der Waals surface area (Å²) in [5.74, 6) is 0. The first-order valence-electron chi connectivity index (χ1n) is 36.8. The Morgan fingerprint density at radius 1 is 0.217 bits per heavy atom. The minimum Gasteiger partial charge on any atom is -0.423 e. The molecule has 2 aliphatic rings. The second-order valence-electron chi connectivity index (χ2n) is 30.0. The number of fused-ring (bicyclic) bond motifs is 24. The molecular formula is C102H70BBrO2. The van der Waals surface area contributed by atoms with E-state index in [4.69, 9.17) is 0 Å². The summed E-state index contributed by atoms with van der Waals surface area (Å²) in [5, 5.41) is 49.8. The van der Waals surface area contributed by atoms with E-state index in [0.29, 0.717) is 5.46 Å². The molecule has 500 valence electrons. The molecular weight excluding hydrogens is 1350 g/mol. The van der Waals surface area contributed by atoms with Crippen LogP contribution in [0.5, 0.6) is 0 Å². The molecule has 0 spiro atoms. The standard InChI is InChI=1S/C51H34.C27H19Br.C24H17BO2/c1-51(2)47-22-12-11-17-38(47)46-29-44-36-16-6-5-15-35(36)43-28-34(25-26-37(43)45(44)30-48(46)51)50-41-20-9-7-18-39(41)49(40-19-8-10-21-42(40)50)33-24-23-31-13-3-4-14-32(31)27-33;1-27(2)25-10-6-5-9-20(25)24-14-22-18-8-4-3-7-17(18)21-13-16(28)11-12-19(21)23(22)15-26(24)27;26-25(27)24-21-11-5-3-9-19(21)23(20-10-4-6-12-22(20)24)18-14-13-16-7-1-2-8-17(16)15-18/h3-30H,1-2H3;3-15H,1-2H3;1-15,26-27H. The van der Waals surface area contributed by atoms with Crippen LogP contribution in [-0.4, -0.2) is 17.2 Å². The highest BCUT2D eigenvalue weighted by molar-refractivity contribution is 9.10. The van der Waals surface area contributed by atoms with Crippen molar-refractivity contribution in [2.45, 2.75) is 38.5 Å². The van der Waals surface area contributed by atoms with Gasteiger partial charge in [-0.3, -0.25) is 0 Å². The quantitative estimate of drug-likeness (QED) is 0.105. The van der Waals surface area contributed by atoms with Gasteiger partial charge in [-0.2, -0.15) is 0 Å². The van der Waals surface area contributed by atoms with Crippen molar-refractivity contribution in [3.8, 4) is 55.6 Å². The van der Waals surface area contributed by atoms with Crippen LogP contribution in [0, 0.1) is 0 Å². The Kier molecular flexibility index (Phi) is 14.7. The van der Waals surface area contributed by atoms with Crippen LogP contribution in [0.4, 0.5) is 0 Å². The molecule has 0 aliphatic heterocycles. The lowest BCUT2D eigenvalue weighted by atomic mass is 9.72. The van der Waals surface area contributed by atoms with E-state index in [-0.39, 0.29) is 10.8 Å². The zero-order valence-corrected chi connectivity index (χ0v) is 60.8. The fraction of sp³-hybridized carbons (Fsp3) is 0.0588. The van der Waals surface area contributed by atoms with Crippen molar-refractivity contribution < 1.29 is 10.0 Å². The maximum Gasteiger partial charge on any atom is 0.489 e. The van der Waals surface area contributed by atoms with Gasteiger partial charge in [0.1, 0.15) is 0 Å². The predicted molar refractivity (Wildman–Crippen MR) is 458 cm³/mol. The second kappa shape index (κ2) is 24.6. The van der Waals surface area contributed by atoms with Crippen molar-refractivity contribution in [2.75, 3.05) is 0 Å². The van der Waals surface area contributed by atoms with Crippen LogP contribution in [0.25, 0.3) is 185 Å². The summed E-state index contributed by atoms with van der Waals surface area (Å²) in [7, 11) is -1.52. The van der Waals surface area contributed by atoms with Crippen molar-refractivity contribution in [3.63, 3.8) is 0 Å². The maximum absolute atomic E-state index is 10.1. The van der Waals surface area contributed by atoms with Gasteiger partial charge in [0.05, 0.1) is 0 Å². The van der Waals surface area contributed by atoms with Gasteiger partial charge in [0.2, 0.25) is 0 Å². The molecule has 0 atom stereocenters. The van der Waals surface area contributed by atoms with Crippen molar-refractivity contribution in [3.05, 3.63) is 366 Å². The van der Waals surface area contributed by atoms with E-state index in [1.54, 1.807) is 0 Å². The maximum atomic E-state index is 10.1. The molecule has 0 saturated heterocycles. The van der Waals surface area contributed by atoms with Gasteiger partial charge in [-0.1, -0.05) is 329 Å². The molecule has 0 fully saturated rings. The van der Waals surface area contributed by atoms with E-state index in [9.17, 15) is 10.0 Å². The van der Waals surface area contributed by atoms with Crippen LogP contribution in [0.3, 0.4) is 0 Å². The van der Waals surface area contributed by atoms with Gasteiger partial charge in [0, 0.05) is 15.3 Å². The van der Waals surface area contributed by atoms with Crippen LogP contribution in [0.1, 0.15) is 49.9 Å². The SMILES string of the molecule is CC1(C)c2ccccc2-c2cc3c4ccccc4c4cc(-c5c6ccccc6c(-c6ccc7ccccc7c6)c6ccccc56)ccc4c3cc21.CC1(C)c2ccccc2-c2cc3c4ccccc4c4cc(Br)ccc4c3cc21.OB(O)c1c2ccccc2c(-c2ccc3ccccc3c2)c2ccccc12. The minimum atomic E-state index is -1.52. The van der Waals surface area contributed by atoms with Crippen molar-refractivity contribution >= 4 is 158 Å². The number of rotatable bonds is 4. The van der Waals surface area contributed by atoms with Crippen LogP contribution in [-0.2, 0) is 10.8 Å². The Hall–Kier alpha value is -12.0. The van der Waals surface area contributed by atoms with E-state index < -0.39 is 7.12 Å². The second-order valence-corrected chi connectivity index (χ2v) is 30.9. The van der Waals surface area contributed by atoms with Crippen LogP contribution in [0.15, 0.2) is 344 Å². The molecule has 0 unspecified atom stereocenters. The highest BCUT2D eigenvalue weighted by Gasteiger charge is 2.38. The van der Waals surface area contributed by atoms with Crippen molar-refractivity contribution in [1.82, 2.24) is 0 Å². The molecule has 4 heteroatoms. The van der Waals surface area contributed by atoms with E-state index in [0.717, 1.165) is 37.1 Å². The van der Waals surface area contributed by atoms with E-state index in [2.05, 4.69) is 335 Å². The van der Waals surface area contributed by atoms with Crippen molar-refractivity contribution in [2.24, 2.45) is 0 Å². The number of benzene rings is 20. The number of hydrogen-bond donors (Lipinski definition) is 2. The van der Waals surface area contributed by atoms with E-state index in [1.807, 2.05) is 48.5 Å². The molecule has 20 aromatic carbocycles. The molecule has 0 bridgehead atoms. The lowest BCUT2D eigenvalue weighted by Crippen LogP contribution is -2.31. The normalized spacial score (nSPS) is 13.2. The van der Waals surface area contributed by atoms with Gasteiger partial charge in [0.25, 0.3) is 0 Å². The predicted octanol–water partition coefficient (Wildman–Crippen LogP) is 27.0. The summed E-state index contributed by atoms with van der Waals surface area (Å²) in [6.07, 6.45) is 0. The Balaban J connectivity index is 0.000000115. The average Bonchev–Trinajstić information content (AvgIpc) is 1.44. The Bertz CT molecular complexity index is 7030. The van der Waals surface area contributed by atoms with Crippen molar-refractivity contribution in [1.29, 1.82) is 0 Å². The van der Waals surface area contributed by atoms with Gasteiger partial charge in [-0.25, -0.2) is 0 Å². The topological polar surface area (TPSA) is 40.5 Å². The minimum absolute atomic E-state index is 0.0213. The lowest BCUT2D eigenvalue weighted by Gasteiger charge is -2.22. The highest BCUT2D eigenvalue weighted by Crippen LogP contribution is 2.54. The third-order valence-corrected chi connectivity index (χ3v) is 24.1. The van der Waals surface area contributed by atoms with Gasteiger partial charge in [-0.05, 0) is 267 Å². The monoisotopic (exact) mass is 1420 g/mol. The summed E-state index contributed by atoms with van der Waals surface area (Å²) in [6, 6.07) is 124. The van der Waals surface area contributed by atoms with Crippen LogP contribution >= 0.6 is 15.9 Å². The smallest absolute Gasteiger partial charge is 0.423 e. The zero-order chi connectivity index (χ0) is 71.3. The van der Waals surface area contributed by atoms with Crippen LogP contribution < -0.4 is 5.46 Å². The van der Waals surface area contributed by atoms with Gasteiger partial charge < -0.3 is 10.0 Å². The van der Waals surface area contributed by atoms with E-state index in [1.165, 1.54) is 174 Å². The van der Waals surface area contributed by atoms with Gasteiger partial charge in [-0.15, -0.1) is 0 Å². The first-order chi connectivity index (χ1) is 51.8. The Labute approximate surface area is 624 Å². The average molecular weight is 1420 g/mol. The van der Waals surface area contributed by atoms with Crippen LogP contribution in [0.2, 0.25) is 0 Å². The molecule has 22 rings (SSSR count). The zero-order valence-electron chi connectivity index (χ0n) is 59.2. The molecule has 2 aliphatic carbocycles. The van der Waals surface area contributed by atoms with Gasteiger partial charge >= 0.3 is 7.12 Å². The fourth-order valence-corrected chi connectivity index (χ4v) is 19.0.